The Kier molecular flexibility index (Phi) is 3.96. The van der Waals surface area contributed by atoms with Crippen LogP contribution in [0.4, 0.5) is 4.79 Å². The van der Waals surface area contributed by atoms with Gasteiger partial charge in [-0.1, -0.05) is 6.92 Å². The van der Waals surface area contributed by atoms with Gasteiger partial charge in [-0.05, 0) is 20.3 Å². The monoisotopic (exact) mass is 231 g/mol. The van der Waals surface area contributed by atoms with Crippen molar-refractivity contribution >= 4 is 18.0 Å². The Morgan fingerprint density at radius 3 is 2.93 bits per heavy atom. The van der Waals surface area contributed by atoms with Crippen LogP contribution < -0.4 is 0 Å². The molecule has 1 radical (unpaired) electrons. The molecule has 0 unspecified atom stereocenters. The van der Waals surface area contributed by atoms with Crippen molar-refractivity contribution in [1.29, 1.82) is 0 Å². The summed E-state index contributed by atoms with van der Waals surface area (Å²) in [5.74, 6) is 0. The van der Waals surface area contributed by atoms with E-state index in [0.29, 0.717) is 19.6 Å². The van der Waals surface area contributed by atoms with Gasteiger partial charge in [0.1, 0.15) is 6.61 Å². The average Bonchev–Trinajstić information content (AvgIpc) is 2.49. The second-order valence-electron chi connectivity index (χ2n) is 3.91. The highest BCUT2D eigenvalue weighted by Gasteiger charge is 2.43. The van der Waals surface area contributed by atoms with Crippen LogP contribution in [0, 0.1) is 11.8 Å². The SMILES string of the molecule is [CH2]CCN1C(=O)OC[C@H]1C(C)(C)SN=O. The van der Waals surface area contributed by atoms with E-state index in [1.807, 2.05) is 13.8 Å². The van der Waals surface area contributed by atoms with E-state index in [1.165, 1.54) is 0 Å². The zero-order chi connectivity index (χ0) is 11.5. The molecule has 1 aliphatic rings. The van der Waals surface area contributed by atoms with Crippen molar-refractivity contribution in [2.75, 3.05) is 13.2 Å². The second kappa shape index (κ2) is 4.83. The molecule has 1 saturated heterocycles. The van der Waals surface area contributed by atoms with Crippen molar-refractivity contribution in [2.24, 2.45) is 4.58 Å². The zero-order valence-electron chi connectivity index (χ0n) is 8.93. The molecular weight excluding hydrogens is 216 g/mol. The first-order chi connectivity index (χ1) is 7.03. The summed E-state index contributed by atoms with van der Waals surface area (Å²) in [4.78, 5) is 23.3. The Bertz CT molecular complexity index is 258. The van der Waals surface area contributed by atoms with E-state index in [1.54, 1.807) is 4.90 Å². The van der Waals surface area contributed by atoms with Crippen LogP contribution in [0.1, 0.15) is 20.3 Å². The number of amides is 1. The molecule has 0 bridgehead atoms. The van der Waals surface area contributed by atoms with Gasteiger partial charge >= 0.3 is 6.09 Å². The van der Waals surface area contributed by atoms with Gasteiger partial charge in [0.05, 0.1) is 10.8 Å². The lowest BCUT2D eigenvalue weighted by Gasteiger charge is -2.31. The van der Waals surface area contributed by atoms with Gasteiger partial charge in [0.25, 0.3) is 0 Å². The fourth-order valence-electron chi connectivity index (χ4n) is 1.60. The van der Waals surface area contributed by atoms with Crippen molar-refractivity contribution < 1.29 is 9.53 Å². The van der Waals surface area contributed by atoms with E-state index in [2.05, 4.69) is 11.5 Å². The van der Waals surface area contributed by atoms with Gasteiger partial charge in [-0.3, -0.25) is 0 Å². The molecule has 6 heteroatoms. The lowest BCUT2D eigenvalue weighted by atomic mass is 10.0. The van der Waals surface area contributed by atoms with Gasteiger partial charge < -0.3 is 9.64 Å². The molecule has 1 atom stereocenters. The van der Waals surface area contributed by atoms with Gasteiger partial charge in [0, 0.05) is 23.1 Å². The van der Waals surface area contributed by atoms with Crippen LogP contribution in [0.25, 0.3) is 0 Å². The Morgan fingerprint density at radius 2 is 2.40 bits per heavy atom. The zero-order valence-corrected chi connectivity index (χ0v) is 9.75. The highest BCUT2D eigenvalue weighted by atomic mass is 32.2. The molecule has 0 aromatic rings. The molecule has 0 aromatic heterocycles. The number of carbonyl (C=O) groups is 1. The smallest absolute Gasteiger partial charge is 0.410 e. The molecule has 1 aliphatic heterocycles. The fourth-order valence-corrected chi connectivity index (χ4v) is 2.11. The van der Waals surface area contributed by atoms with Crippen molar-refractivity contribution in [1.82, 2.24) is 4.90 Å². The third-order valence-electron chi connectivity index (χ3n) is 2.45. The van der Waals surface area contributed by atoms with Crippen LogP contribution >= 0.6 is 11.9 Å². The number of cyclic esters (lactones) is 1. The number of ether oxygens (including phenoxy) is 1. The Labute approximate surface area is 93.6 Å². The highest BCUT2D eigenvalue weighted by Crippen LogP contribution is 2.34. The number of hydrogen-bond donors (Lipinski definition) is 0. The Morgan fingerprint density at radius 1 is 1.73 bits per heavy atom. The molecule has 15 heavy (non-hydrogen) atoms. The molecule has 85 valence electrons. The lowest BCUT2D eigenvalue weighted by Crippen LogP contribution is -2.46. The maximum Gasteiger partial charge on any atom is 0.410 e. The quantitative estimate of drug-likeness (QED) is 0.537. The minimum atomic E-state index is -0.428. The molecule has 0 aromatic carbocycles. The normalized spacial score (nSPS) is 21.7. The first kappa shape index (κ1) is 12.3. The van der Waals surface area contributed by atoms with Crippen LogP contribution in [0.2, 0.25) is 0 Å². The van der Waals surface area contributed by atoms with Crippen LogP contribution in [-0.2, 0) is 4.74 Å². The predicted molar refractivity (Wildman–Crippen MR) is 59.3 cm³/mol. The third-order valence-corrected chi connectivity index (χ3v) is 3.27. The van der Waals surface area contributed by atoms with E-state index >= 15 is 0 Å². The number of nitrogens with zero attached hydrogens (tertiary/aromatic N) is 2. The Hall–Kier alpha value is -0.780. The molecule has 0 aliphatic carbocycles. The van der Waals surface area contributed by atoms with E-state index in [0.717, 1.165) is 11.9 Å². The summed E-state index contributed by atoms with van der Waals surface area (Å²) in [6.45, 7) is 8.32. The topological polar surface area (TPSA) is 59.0 Å². The molecule has 0 saturated carbocycles. The van der Waals surface area contributed by atoms with Crippen LogP contribution in [0.15, 0.2) is 4.58 Å². The largest absolute Gasteiger partial charge is 0.447 e. The first-order valence-electron chi connectivity index (χ1n) is 4.76. The summed E-state index contributed by atoms with van der Waals surface area (Å²) in [5.41, 5.74) is 0. The second-order valence-corrected chi connectivity index (χ2v) is 5.29. The van der Waals surface area contributed by atoms with Gasteiger partial charge in [-0.15, -0.1) is 4.91 Å². The van der Waals surface area contributed by atoms with Crippen LogP contribution in [0.5, 0.6) is 0 Å². The summed E-state index contributed by atoms with van der Waals surface area (Å²) in [6.07, 6.45) is 0.296. The summed E-state index contributed by atoms with van der Waals surface area (Å²) in [5, 5.41) is 0. The minimum Gasteiger partial charge on any atom is -0.447 e. The molecule has 1 heterocycles. The molecular formula is C9H15N2O3S. The number of hydrogen-bond acceptors (Lipinski definition) is 5. The maximum atomic E-state index is 11.4. The number of rotatable bonds is 5. The van der Waals surface area contributed by atoms with Crippen molar-refractivity contribution in [3.8, 4) is 0 Å². The number of nitroso groups, excluding NO2 is 1. The summed E-state index contributed by atoms with van der Waals surface area (Å²) in [7, 11) is 0. The van der Waals surface area contributed by atoms with Gasteiger partial charge in [0.15, 0.2) is 0 Å². The fraction of sp³-hybridized carbons (Fsp3) is 0.778. The molecule has 1 rings (SSSR count). The maximum absolute atomic E-state index is 11.4. The van der Waals surface area contributed by atoms with Crippen molar-refractivity contribution in [3.05, 3.63) is 11.8 Å². The first-order valence-corrected chi connectivity index (χ1v) is 5.53. The Balaban J connectivity index is 2.75. The summed E-state index contributed by atoms with van der Waals surface area (Å²) in [6, 6.07) is -0.116. The van der Waals surface area contributed by atoms with E-state index in [4.69, 9.17) is 4.74 Å². The van der Waals surface area contributed by atoms with Crippen LogP contribution in [-0.4, -0.2) is 34.9 Å². The van der Waals surface area contributed by atoms with Gasteiger partial charge in [-0.25, -0.2) is 4.79 Å². The van der Waals surface area contributed by atoms with Crippen molar-refractivity contribution in [2.45, 2.75) is 31.1 Å². The molecule has 0 N–H and O–H groups in total. The predicted octanol–water partition coefficient (Wildman–Crippen LogP) is 2.22. The van der Waals surface area contributed by atoms with E-state index < -0.39 is 4.75 Å². The standard InChI is InChI=1S/C9H15N2O3S/c1-4-5-11-7(6-14-8(11)12)9(2,3)15-10-13/h7H,1,4-6H2,2-3H3/t7-/m0/s1. The minimum absolute atomic E-state index is 0.116. The summed E-state index contributed by atoms with van der Waals surface area (Å²) < 4.78 is 7.37. The van der Waals surface area contributed by atoms with Crippen molar-refractivity contribution in [3.63, 3.8) is 0 Å². The van der Waals surface area contributed by atoms with E-state index in [9.17, 15) is 9.70 Å². The average molecular weight is 231 g/mol. The van der Waals surface area contributed by atoms with E-state index in [-0.39, 0.29) is 12.1 Å². The van der Waals surface area contributed by atoms with Gasteiger partial charge in [-0.2, -0.15) is 0 Å². The molecule has 1 fully saturated rings. The van der Waals surface area contributed by atoms with Crippen LogP contribution in [0.3, 0.4) is 0 Å². The highest BCUT2D eigenvalue weighted by molar-refractivity contribution is 7.99. The molecule has 1 amide bonds. The third kappa shape index (κ3) is 2.62. The molecule has 0 spiro atoms. The molecule has 5 nitrogen and oxygen atoms in total. The van der Waals surface area contributed by atoms with Gasteiger partial charge in [0.2, 0.25) is 0 Å². The lowest BCUT2D eigenvalue weighted by molar-refractivity contribution is 0.157. The number of carbonyl (C=O) groups excluding carboxylic acids is 1. The summed E-state index contributed by atoms with van der Waals surface area (Å²) >= 11 is 0.938.